The largest absolute Gasteiger partial charge is 0.476 e. The minimum Gasteiger partial charge on any atom is -0.476 e. The second-order valence-corrected chi connectivity index (χ2v) is 3.58. The lowest BCUT2D eigenvalue weighted by molar-refractivity contribution is 0.0690. The number of nitrogens with zero attached hydrogens (tertiary/aromatic N) is 1. The number of carboxylic acids is 1. The fourth-order valence-electron chi connectivity index (χ4n) is 1.59. The summed E-state index contributed by atoms with van der Waals surface area (Å²) in [6.07, 6.45) is 0.551. The van der Waals surface area contributed by atoms with Crippen LogP contribution in [0.4, 0.5) is 4.39 Å². The lowest BCUT2D eigenvalue weighted by Crippen LogP contribution is -2.00. The third-order valence-corrected chi connectivity index (χ3v) is 2.45. The molecule has 2 N–H and O–H groups in total. The zero-order valence-electron chi connectivity index (χ0n) is 9.20. The molecule has 88 valence electrons. The molecule has 0 aliphatic heterocycles. The van der Waals surface area contributed by atoms with Crippen molar-refractivity contribution >= 4 is 5.97 Å². The zero-order chi connectivity index (χ0) is 12.4. The second kappa shape index (κ2) is 4.37. The highest BCUT2D eigenvalue weighted by Gasteiger charge is 2.15. The van der Waals surface area contributed by atoms with Crippen LogP contribution in [-0.4, -0.2) is 21.0 Å². The van der Waals surface area contributed by atoms with Crippen molar-refractivity contribution in [3.63, 3.8) is 0 Å². The number of halogens is 1. The van der Waals surface area contributed by atoms with E-state index in [0.29, 0.717) is 23.5 Å². The van der Waals surface area contributed by atoms with E-state index in [4.69, 9.17) is 5.11 Å². The Hall–Kier alpha value is -2.17. The summed E-state index contributed by atoms with van der Waals surface area (Å²) in [4.78, 5) is 17.9. The molecule has 1 aromatic heterocycles. The molecule has 0 fully saturated rings. The lowest BCUT2D eigenvalue weighted by atomic mass is 10.2. The van der Waals surface area contributed by atoms with Gasteiger partial charge < -0.3 is 10.1 Å². The minimum absolute atomic E-state index is 0.0202. The van der Waals surface area contributed by atoms with Gasteiger partial charge in [0.15, 0.2) is 5.69 Å². The molecule has 0 saturated heterocycles. The van der Waals surface area contributed by atoms with Gasteiger partial charge in [-0.3, -0.25) is 0 Å². The van der Waals surface area contributed by atoms with Crippen LogP contribution in [0.1, 0.15) is 23.1 Å². The molecule has 1 heterocycles. The summed E-state index contributed by atoms with van der Waals surface area (Å²) in [6, 6.07) is 5.73. The molecule has 17 heavy (non-hydrogen) atoms. The van der Waals surface area contributed by atoms with Crippen LogP contribution in [-0.2, 0) is 6.42 Å². The van der Waals surface area contributed by atoms with Crippen LogP contribution < -0.4 is 0 Å². The monoisotopic (exact) mass is 234 g/mol. The normalized spacial score (nSPS) is 10.5. The Morgan fingerprint density at radius 2 is 2.06 bits per heavy atom. The predicted molar refractivity (Wildman–Crippen MR) is 60.3 cm³/mol. The number of carboxylic acid groups (broad SMARTS) is 1. The number of carbonyl (C=O) groups is 1. The molecule has 0 aliphatic carbocycles. The van der Waals surface area contributed by atoms with Gasteiger partial charge in [0.2, 0.25) is 0 Å². The maximum Gasteiger partial charge on any atom is 0.356 e. The Kier molecular flexibility index (Phi) is 2.91. The Labute approximate surface area is 97.1 Å². The Balaban J connectivity index is 2.46. The molecule has 0 radical (unpaired) electrons. The quantitative estimate of drug-likeness (QED) is 0.857. The van der Waals surface area contributed by atoms with E-state index in [1.54, 1.807) is 12.1 Å². The van der Waals surface area contributed by atoms with Gasteiger partial charge in [-0.15, -0.1) is 0 Å². The first kappa shape index (κ1) is 11.3. The molecule has 0 bridgehead atoms. The topological polar surface area (TPSA) is 66.0 Å². The van der Waals surface area contributed by atoms with Crippen molar-refractivity contribution in [2.24, 2.45) is 0 Å². The van der Waals surface area contributed by atoms with Gasteiger partial charge in [0.25, 0.3) is 0 Å². The van der Waals surface area contributed by atoms with Gasteiger partial charge in [-0.05, 0) is 30.7 Å². The molecule has 2 aromatic rings. The molecule has 1 aromatic carbocycles. The van der Waals surface area contributed by atoms with Crippen LogP contribution in [0.25, 0.3) is 11.4 Å². The molecule has 2 rings (SSSR count). The number of benzene rings is 1. The highest BCUT2D eigenvalue weighted by atomic mass is 19.1. The lowest BCUT2D eigenvalue weighted by Gasteiger charge is -1.95. The van der Waals surface area contributed by atoms with Crippen molar-refractivity contribution in [2.75, 3.05) is 0 Å². The van der Waals surface area contributed by atoms with Crippen LogP contribution in [0.15, 0.2) is 24.3 Å². The molecule has 4 nitrogen and oxygen atoms in total. The molecule has 0 amide bonds. The Morgan fingerprint density at radius 1 is 1.41 bits per heavy atom. The molecule has 0 saturated carbocycles. The third-order valence-electron chi connectivity index (χ3n) is 2.45. The summed E-state index contributed by atoms with van der Waals surface area (Å²) in [5.74, 6) is -0.958. The number of rotatable bonds is 3. The standard InChI is InChI=1S/C12H11FN2O2/c1-2-9-10(12(16)17)15-11(14-9)7-3-5-8(13)6-4-7/h3-6H,2H2,1H3,(H,14,15)(H,16,17). The van der Waals surface area contributed by atoms with E-state index in [2.05, 4.69) is 9.97 Å². The number of aromatic carboxylic acids is 1. The SMILES string of the molecule is CCc1[nH]c(-c2ccc(F)cc2)nc1C(=O)O. The molecule has 0 unspecified atom stereocenters. The van der Waals surface area contributed by atoms with Crippen molar-refractivity contribution in [1.29, 1.82) is 0 Å². The first-order valence-electron chi connectivity index (χ1n) is 5.20. The number of aryl methyl sites for hydroxylation is 1. The van der Waals surface area contributed by atoms with Crippen LogP contribution in [0.5, 0.6) is 0 Å². The fraction of sp³-hybridized carbons (Fsp3) is 0.167. The van der Waals surface area contributed by atoms with Gasteiger partial charge in [0.05, 0.1) is 0 Å². The number of H-pyrrole nitrogens is 1. The number of aromatic amines is 1. The van der Waals surface area contributed by atoms with Gasteiger partial charge >= 0.3 is 5.97 Å². The van der Waals surface area contributed by atoms with E-state index < -0.39 is 5.97 Å². The van der Waals surface area contributed by atoms with Crippen LogP contribution in [0, 0.1) is 5.82 Å². The second-order valence-electron chi connectivity index (χ2n) is 3.58. The summed E-state index contributed by atoms with van der Waals surface area (Å²) in [6.45, 7) is 1.84. The summed E-state index contributed by atoms with van der Waals surface area (Å²) >= 11 is 0. The predicted octanol–water partition coefficient (Wildman–Crippen LogP) is 2.48. The molecule has 0 aliphatic rings. The number of imidazole rings is 1. The van der Waals surface area contributed by atoms with Crippen molar-refractivity contribution in [3.05, 3.63) is 41.5 Å². The zero-order valence-corrected chi connectivity index (χ0v) is 9.20. The summed E-state index contributed by atoms with van der Waals surface area (Å²) in [5.41, 5.74) is 1.25. The van der Waals surface area contributed by atoms with Crippen LogP contribution >= 0.6 is 0 Å². The highest BCUT2D eigenvalue weighted by molar-refractivity contribution is 5.87. The van der Waals surface area contributed by atoms with E-state index in [9.17, 15) is 9.18 Å². The molecule has 5 heteroatoms. The van der Waals surface area contributed by atoms with Gasteiger partial charge in [-0.2, -0.15) is 0 Å². The Morgan fingerprint density at radius 3 is 2.53 bits per heavy atom. The fourth-order valence-corrected chi connectivity index (χ4v) is 1.59. The van der Waals surface area contributed by atoms with Gasteiger partial charge in [-0.1, -0.05) is 6.92 Å². The van der Waals surface area contributed by atoms with E-state index in [1.807, 2.05) is 6.92 Å². The van der Waals surface area contributed by atoms with Crippen molar-refractivity contribution < 1.29 is 14.3 Å². The van der Waals surface area contributed by atoms with Crippen molar-refractivity contribution in [3.8, 4) is 11.4 Å². The van der Waals surface area contributed by atoms with Gasteiger partial charge in [0.1, 0.15) is 11.6 Å². The highest BCUT2D eigenvalue weighted by Crippen LogP contribution is 2.19. The van der Waals surface area contributed by atoms with Crippen LogP contribution in [0.3, 0.4) is 0 Å². The summed E-state index contributed by atoms with van der Waals surface area (Å²) in [5, 5.41) is 8.96. The number of nitrogens with one attached hydrogen (secondary N) is 1. The smallest absolute Gasteiger partial charge is 0.356 e. The summed E-state index contributed by atoms with van der Waals surface area (Å²) < 4.78 is 12.8. The molecular formula is C12H11FN2O2. The van der Waals surface area contributed by atoms with E-state index in [-0.39, 0.29) is 11.5 Å². The first-order chi connectivity index (χ1) is 8.11. The number of aromatic nitrogens is 2. The molecule has 0 spiro atoms. The third kappa shape index (κ3) is 2.18. The van der Waals surface area contributed by atoms with E-state index >= 15 is 0 Å². The minimum atomic E-state index is -1.06. The van der Waals surface area contributed by atoms with Gasteiger partial charge in [0, 0.05) is 11.3 Å². The molecular weight excluding hydrogens is 223 g/mol. The van der Waals surface area contributed by atoms with E-state index in [0.717, 1.165) is 0 Å². The van der Waals surface area contributed by atoms with Gasteiger partial charge in [-0.25, -0.2) is 14.2 Å². The number of hydrogen-bond donors (Lipinski definition) is 2. The average Bonchev–Trinajstić information content (AvgIpc) is 2.74. The summed E-state index contributed by atoms with van der Waals surface area (Å²) in [7, 11) is 0. The maximum absolute atomic E-state index is 12.8. The number of hydrogen-bond acceptors (Lipinski definition) is 2. The van der Waals surface area contributed by atoms with Crippen LogP contribution in [0.2, 0.25) is 0 Å². The Bertz CT molecular complexity index is 546. The maximum atomic E-state index is 12.8. The van der Waals surface area contributed by atoms with Crippen molar-refractivity contribution in [2.45, 2.75) is 13.3 Å². The average molecular weight is 234 g/mol. The molecule has 0 atom stereocenters. The first-order valence-corrected chi connectivity index (χ1v) is 5.20. The van der Waals surface area contributed by atoms with E-state index in [1.165, 1.54) is 12.1 Å². The van der Waals surface area contributed by atoms with Crippen molar-refractivity contribution in [1.82, 2.24) is 9.97 Å².